The highest BCUT2D eigenvalue weighted by atomic mass is 16.5. The van der Waals surface area contributed by atoms with Gasteiger partial charge in [-0.05, 0) is 24.4 Å². The van der Waals surface area contributed by atoms with Gasteiger partial charge in [-0.15, -0.1) is 0 Å². The van der Waals surface area contributed by atoms with E-state index in [1.165, 1.54) is 5.56 Å². The first-order valence-corrected chi connectivity index (χ1v) is 8.24. The van der Waals surface area contributed by atoms with Gasteiger partial charge < -0.3 is 14.5 Å². The van der Waals surface area contributed by atoms with Crippen molar-refractivity contribution >= 4 is 5.91 Å². The van der Waals surface area contributed by atoms with Crippen molar-refractivity contribution in [3.05, 3.63) is 35.9 Å². The van der Waals surface area contributed by atoms with Crippen molar-refractivity contribution in [2.24, 2.45) is 0 Å². The van der Waals surface area contributed by atoms with E-state index in [4.69, 9.17) is 4.74 Å². The molecule has 1 fully saturated rings. The number of carbonyl (C=O) groups is 1. The fraction of sp³-hybridized carbons (Fsp3) is 0.611. The molecule has 2 rings (SSSR count). The van der Waals surface area contributed by atoms with E-state index in [0.717, 1.165) is 32.6 Å². The fourth-order valence-corrected chi connectivity index (χ4v) is 2.90. The highest BCUT2D eigenvalue weighted by Crippen LogP contribution is 2.19. The lowest BCUT2D eigenvalue weighted by atomic mass is 9.98. The van der Waals surface area contributed by atoms with Gasteiger partial charge in [0.1, 0.15) is 0 Å². The lowest BCUT2D eigenvalue weighted by Gasteiger charge is -2.23. The van der Waals surface area contributed by atoms with Gasteiger partial charge in [-0.2, -0.15) is 0 Å². The Labute approximate surface area is 134 Å². The summed E-state index contributed by atoms with van der Waals surface area (Å²) in [4.78, 5) is 16.4. The molecule has 0 saturated carbocycles. The van der Waals surface area contributed by atoms with Crippen LogP contribution in [0.1, 0.15) is 31.2 Å². The van der Waals surface area contributed by atoms with Crippen LogP contribution in [-0.4, -0.2) is 62.1 Å². The first-order valence-electron chi connectivity index (χ1n) is 8.24. The van der Waals surface area contributed by atoms with Crippen LogP contribution >= 0.6 is 0 Å². The number of hydrogen-bond acceptors (Lipinski definition) is 3. The van der Waals surface area contributed by atoms with Crippen LogP contribution in [0.2, 0.25) is 0 Å². The number of carbonyl (C=O) groups excluding carboxylic acids is 1. The summed E-state index contributed by atoms with van der Waals surface area (Å²) < 4.78 is 5.08. The van der Waals surface area contributed by atoms with Gasteiger partial charge in [0.05, 0.1) is 6.61 Å². The van der Waals surface area contributed by atoms with Gasteiger partial charge in [-0.25, -0.2) is 0 Å². The third kappa shape index (κ3) is 5.11. The van der Waals surface area contributed by atoms with Crippen molar-refractivity contribution in [1.29, 1.82) is 0 Å². The van der Waals surface area contributed by atoms with Crippen molar-refractivity contribution < 1.29 is 9.53 Å². The molecule has 1 saturated heterocycles. The first kappa shape index (κ1) is 17.0. The molecular formula is C18H28N2O2. The molecule has 1 amide bonds. The summed E-state index contributed by atoms with van der Waals surface area (Å²) in [6.07, 6.45) is 1.76. The topological polar surface area (TPSA) is 32.8 Å². The normalized spacial score (nSPS) is 18.3. The van der Waals surface area contributed by atoms with Crippen molar-refractivity contribution in [2.45, 2.75) is 25.7 Å². The van der Waals surface area contributed by atoms with Gasteiger partial charge in [0.15, 0.2) is 0 Å². The highest BCUT2D eigenvalue weighted by Gasteiger charge is 2.20. The third-order valence-corrected chi connectivity index (χ3v) is 4.49. The second-order valence-corrected chi connectivity index (χ2v) is 6.07. The van der Waals surface area contributed by atoms with Crippen molar-refractivity contribution in [3.63, 3.8) is 0 Å². The average Bonchev–Trinajstić information content (AvgIpc) is 2.73. The van der Waals surface area contributed by atoms with E-state index >= 15 is 0 Å². The maximum Gasteiger partial charge on any atom is 0.223 e. The Bertz CT molecular complexity index is 450. The molecule has 122 valence electrons. The monoisotopic (exact) mass is 304 g/mol. The number of ether oxygens (including phenoxy) is 1. The van der Waals surface area contributed by atoms with E-state index in [9.17, 15) is 4.79 Å². The summed E-state index contributed by atoms with van der Waals surface area (Å²) in [7, 11) is 1.68. The Morgan fingerprint density at radius 1 is 1.14 bits per heavy atom. The minimum Gasteiger partial charge on any atom is -0.383 e. The summed E-state index contributed by atoms with van der Waals surface area (Å²) in [6.45, 7) is 7.34. The van der Waals surface area contributed by atoms with Crippen molar-refractivity contribution in [2.75, 3.05) is 46.4 Å². The molecule has 4 nitrogen and oxygen atoms in total. The molecule has 0 aromatic heterocycles. The zero-order valence-electron chi connectivity index (χ0n) is 13.8. The maximum atomic E-state index is 12.1. The van der Waals surface area contributed by atoms with Crippen LogP contribution in [0.25, 0.3) is 0 Å². The number of methoxy groups -OCH3 is 1. The largest absolute Gasteiger partial charge is 0.383 e. The number of rotatable bonds is 7. The summed E-state index contributed by atoms with van der Waals surface area (Å²) in [5, 5.41) is 0. The molecule has 1 aliphatic heterocycles. The van der Waals surface area contributed by atoms with Crippen LogP contribution in [-0.2, 0) is 9.53 Å². The van der Waals surface area contributed by atoms with Crippen LogP contribution < -0.4 is 0 Å². The smallest absolute Gasteiger partial charge is 0.223 e. The Morgan fingerprint density at radius 3 is 2.64 bits per heavy atom. The van der Waals surface area contributed by atoms with Gasteiger partial charge in [-0.3, -0.25) is 4.79 Å². The zero-order chi connectivity index (χ0) is 15.8. The van der Waals surface area contributed by atoms with E-state index in [1.807, 2.05) is 4.90 Å². The first-order chi connectivity index (χ1) is 10.7. The fourth-order valence-electron chi connectivity index (χ4n) is 2.90. The van der Waals surface area contributed by atoms with E-state index in [1.54, 1.807) is 7.11 Å². The molecule has 0 radical (unpaired) electrons. The van der Waals surface area contributed by atoms with Crippen molar-refractivity contribution in [1.82, 2.24) is 9.80 Å². The summed E-state index contributed by atoms with van der Waals surface area (Å²) >= 11 is 0. The number of benzene rings is 1. The Hall–Kier alpha value is -1.39. The van der Waals surface area contributed by atoms with Crippen LogP contribution in [0, 0.1) is 0 Å². The minimum atomic E-state index is 0.260. The molecule has 0 bridgehead atoms. The lowest BCUT2D eigenvalue weighted by molar-refractivity contribution is -0.130. The molecule has 22 heavy (non-hydrogen) atoms. The zero-order valence-corrected chi connectivity index (χ0v) is 13.8. The molecule has 0 aliphatic carbocycles. The molecule has 1 aromatic rings. The molecule has 0 N–H and O–H groups in total. The summed E-state index contributed by atoms with van der Waals surface area (Å²) in [5.74, 6) is 0.820. The lowest BCUT2D eigenvalue weighted by Crippen LogP contribution is -2.35. The summed E-state index contributed by atoms with van der Waals surface area (Å²) in [5.41, 5.74) is 1.40. The predicted octanol–water partition coefficient (Wildman–Crippen LogP) is 2.36. The second-order valence-electron chi connectivity index (χ2n) is 6.07. The molecule has 0 spiro atoms. The molecule has 0 unspecified atom stereocenters. The molecule has 1 atom stereocenters. The standard InChI is InChI=1S/C18H28N2O2/c1-16(17-6-4-3-5-7-17)8-10-19-11-9-18(21)20(13-12-19)14-15-22-2/h3-7,16H,8-15H2,1-2H3/t16-/m0/s1. The molecule has 1 heterocycles. The predicted molar refractivity (Wildman–Crippen MR) is 89.0 cm³/mol. The van der Waals surface area contributed by atoms with Gasteiger partial charge in [-0.1, -0.05) is 37.3 Å². The van der Waals surface area contributed by atoms with Gasteiger partial charge in [0.2, 0.25) is 5.91 Å². The number of nitrogens with zero attached hydrogens (tertiary/aromatic N) is 2. The van der Waals surface area contributed by atoms with E-state index in [2.05, 4.69) is 42.2 Å². The van der Waals surface area contributed by atoms with Crippen LogP contribution in [0.5, 0.6) is 0 Å². The molecule has 1 aliphatic rings. The molecule has 4 heteroatoms. The highest BCUT2D eigenvalue weighted by molar-refractivity contribution is 5.76. The number of amides is 1. The van der Waals surface area contributed by atoms with Crippen LogP contribution in [0.3, 0.4) is 0 Å². The van der Waals surface area contributed by atoms with Gasteiger partial charge in [0, 0.05) is 39.7 Å². The minimum absolute atomic E-state index is 0.260. The molecular weight excluding hydrogens is 276 g/mol. The van der Waals surface area contributed by atoms with Crippen LogP contribution in [0.15, 0.2) is 30.3 Å². The second kappa shape index (κ2) is 8.91. The van der Waals surface area contributed by atoms with E-state index in [-0.39, 0.29) is 5.91 Å². The quantitative estimate of drug-likeness (QED) is 0.775. The third-order valence-electron chi connectivity index (χ3n) is 4.49. The van der Waals surface area contributed by atoms with Crippen molar-refractivity contribution in [3.8, 4) is 0 Å². The SMILES string of the molecule is COCCN1CCN(CC[C@H](C)c2ccccc2)CCC1=O. The van der Waals surface area contributed by atoms with E-state index in [0.29, 0.717) is 25.5 Å². The Kier molecular flexibility index (Phi) is 6.87. The van der Waals surface area contributed by atoms with Gasteiger partial charge >= 0.3 is 0 Å². The van der Waals surface area contributed by atoms with E-state index < -0.39 is 0 Å². The summed E-state index contributed by atoms with van der Waals surface area (Å²) in [6, 6.07) is 10.7. The molecule has 1 aromatic carbocycles. The average molecular weight is 304 g/mol. The maximum absolute atomic E-state index is 12.1. The van der Waals surface area contributed by atoms with Crippen LogP contribution in [0.4, 0.5) is 0 Å². The Balaban J connectivity index is 1.78. The van der Waals surface area contributed by atoms with Gasteiger partial charge in [0.25, 0.3) is 0 Å². The number of hydrogen-bond donors (Lipinski definition) is 0. The Morgan fingerprint density at radius 2 is 1.91 bits per heavy atom.